The van der Waals surface area contributed by atoms with Gasteiger partial charge in [-0.25, -0.2) is 4.98 Å². The van der Waals surface area contributed by atoms with Gasteiger partial charge in [-0.15, -0.1) is 0 Å². The monoisotopic (exact) mass is 213 g/mol. The third kappa shape index (κ3) is 2.11. The molecule has 0 radical (unpaired) electrons. The van der Waals surface area contributed by atoms with Gasteiger partial charge in [0.1, 0.15) is 5.69 Å². The lowest BCUT2D eigenvalue weighted by Gasteiger charge is -2.02. The van der Waals surface area contributed by atoms with Crippen molar-refractivity contribution in [3.05, 3.63) is 53.4 Å². The molecule has 0 aromatic carbocycles. The van der Waals surface area contributed by atoms with Gasteiger partial charge in [0.05, 0.1) is 6.20 Å². The van der Waals surface area contributed by atoms with Gasteiger partial charge in [-0.05, 0) is 26.0 Å². The maximum absolute atomic E-state index is 12.0. The van der Waals surface area contributed by atoms with Crippen LogP contribution in [0.5, 0.6) is 0 Å². The van der Waals surface area contributed by atoms with Crippen molar-refractivity contribution in [2.24, 2.45) is 0 Å². The molecule has 0 amide bonds. The van der Waals surface area contributed by atoms with Gasteiger partial charge in [0.25, 0.3) is 0 Å². The Kier molecular flexibility index (Phi) is 2.72. The van der Waals surface area contributed by atoms with E-state index in [0.29, 0.717) is 11.3 Å². The Hall–Kier alpha value is -2.10. The topological polar surface area (TPSA) is 55.7 Å². The van der Waals surface area contributed by atoms with Gasteiger partial charge in [0.2, 0.25) is 5.78 Å². The van der Waals surface area contributed by atoms with Crippen molar-refractivity contribution in [2.45, 2.75) is 13.8 Å². The van der Waals surface area contributed by atoms with E-state index >= 15 is 0 Å². The van der Waals surface area contributed by atoms with Crippen LogP contribution in [0.1, 0.15) is 27.4 Å². The lowest BCUT2D eigenvalue weighted by molar-refractivity contribution is 0.103. The minimum atomic E-state index is -0.123. The number of carbonyl (C=O) groups is 1. The summed E-state index contributed by atoms with van der Waals surface area (Å²) in [5.74, 6) is -0.123. The smallest absolute Gasteiger partial charge is 0.213 e. The number of carbonyl (C=O) groups excluding carboxylic acids is 1. The van der Waals surface area contributed by atoms with Gasteiger partial charge in [-0.1, -0.05) is 0 Å². The highest BCUT2D eigenvalue weighted by Crippen LogP contribution is 2.09. The molecule has 16 heavy (non-hydrogen) atoms. The Labute approximate surface area is 93.4 Å². The van der Waals surface area contributed by atoms with Gasteiger partial charge < -0.3 is 0 Å². The average Bonchev–Trinajstić information content (AvgIpc) is 2.28. The van der Waals surface area contributed by atoms with Crippen LogP contribution in [0.25, 0.3) is 0 Å². The number of aryl methyl sites for hydroxylation is 2. The first kappa shape index (κ1) is 10.4. The van der Waals surface area contributed by atoms with Crippen LogP contribution < -0.4 is 0 Å². The lowest BCUT2D eigenvalue weighted by atomic mass is 10.1. The molecule has 0 atom stereocenters. The Bertz CT molecular complexity index is 503. The van der Waals surface area contributed by atoms with Crippen LogP contribution in [0.15, 0.2) is 30.7 Å². The third-order valence-electron chi connectivity index (χ3n) is 2.14. The van der Waals surface area contributed by atoms with Gasteiger partial charge in [0, 0.05) is 29.3 Å². The Morgan fingerprint density at radius 1 is 1.12 bits per heavy atom. The molecule has 0 N–H and O–H groups in total. The minimum Gasteiger partial charge on any atom is -0.287 e. The summed E-state index contributed by atoms with van der Waals surface area (Å²) < 4.78 is 0. The van der Waals surface area contributed by atoms with Crippen LogP contribution in [0.4, 0.5) is 0 Å². The van der Waals surface area contributed by atoms with Crippen molar-refractivity contribution in [2.75, 3.05) is 0 Å². The van der Waals surface area contributed by atoms with Gasteiger partial charge >= 0.3 is 0 Å². The number of hydrogen-bond acceptors (Lipinski definition) is 4. The van der Waals surface area contributed by atoms with Crippen LogP contribution >= 0.6 is 0 Å². The molecule has 0 aliphatic heterocycles. The Morgan fingerprint density at radius 2 is 1.81 bits per heavy atom. The summed E-state index contributed by atoms with van der Waals surface area (Å²) in [4.78, 5) is 24.1. The molecule has 0 unspecified atom stereocenters. The van der Waals surface area contributed by atoms with Crippen LogP contribution in [0.2, 0.25) is 0 Å². The minimum absolute atomic E-state index is 0.123. The maximum Gasteiger partial charge on any atom is 0.213 e. The molecule has 0 bridgehead atoms. The fourth-order valence-corrected chi connectivity index (χ4v) is 1.53. The van der Waals surface area contributed by atoms with Crippen LogP contribution in [-0.4, -0.2) is 20.7 Å². The van der Waals surface area contributed by atoms with E-state index in [1.807, 2.05) is 13.8 Å². The molecule has 0 fully saturated rings. The van der Waals surface area contributed by atoms with Crippen molar-refractivity contribution in [3.8, 4) is 0 Å². The van der Waals surface area contributed by atoms with Crippen molar-refractivity contribution < 1.29 is 4.79 Å². The van der Waals surface area contributed by atoms with Gasteiger partial charge in [-0.3, -0.25) is 14.8 Å². The second-order valence-electron chi connectivity index (χ2n) is 3.56. The fraction of sp³-hybridized carbons (Fsp3) is 0.167. The number of nitrogens with zero attached hydrogens (tertiary/aromatic N) is 3. The molecule has 2 rings (SSSR count). The highest BCUT2D eigenvalue weighted by molar-refractivity contribution is 6.07. The fourth-order valence-electron chi connectivity index (χ4n) is 1.53. The van der Waals surface area contributed by atoms with Gasteiger partial charge in [-0.2, -0.15) is 0 Å². The molecule has 2 aromatic rings. The molecule has 0 saturated carbocycles. The summed E-state index contributed by atoms with van der Waals surface area (Å²) in [6, 6.07) is 3.51. The zero-order valence-corrected chi connectivity index (χ0v) is 9.14. The molecule has 0 aliphatic rings. The number of rotatable bonds is 2. The molecule has 2 aromatic heterocycles. The standard InChI is InChI=1S/C12H11N3O/c1-8-5-10(6-9(2)15-8)12(16)11-7-13-3-4-14-11/h3-7H,1-2H3. The van der Waals surface area contributed by atoms with E-state index in [0.717, 1.165) is 11.4 Å². The summed E-state index contributed by atoms with van der Waals surface area (Å²) >= 11 is 0. The van der Waals surface area contributed by atoms with Crippen molar-refractivity contribution in [1.29, 1.82) is 0 Å². The summed E-state index contributed by atoms with van der Waals surface area (Å²) in [7, 11) is 0. The molecule has 2 heterocycles. The van der Waals surface area contributed by atoms with Crippen LogP contribution in [0.3, 0.4) is 0 Å². The highest BCUT2D eigenvalue weighted by Gasteiger charge is 2.11. The van der Waals surface area contributed by atoms with E-state index in [1.54, 1.807) is 18.3 Å². The molecule has 0 saturated heterocycles. The SMILES string of the molecule is Cc1cc(C(=O)c2cnccn2)cc(C)n1. The van der Waals surface area contributed by atoms with Gasteiger partial charge in [0.15, 0.2) is 0 Å². The second kappa shape index (κ2) is 4.18. The zero-order valence-electron chi connectivity index (χ0n) is 9.14. The predicted molar refractivity (Wildman–Crippen MR) is 59.2 cm³/mol. The Balaban J connectivity index is 2.42. The maximum atomic E-state index is 12.0. The quantitative estimate of drug-likeness (QED) is 0.713. The van der Waals surface area contributed by atoms with E-state index < -0.39 is 0 Å². The molecule has 4 heteroatoms. The van der Waals surface area contributed by atoms with Crippen molar-refractivity contribution in [3.63, 3.8) is 0 Å². The van der Waals surface area contributed by atoms with Crippen LogP contribution in [0, 0.1) is 13.8 Å². The van der Waals surface area contributed by atoms with E-state index in [1.165, 1.54) is 12.4 Å². The van der Waals surface area contributed by atoms with E-state index in [4.69, 9.17) is 0 Å². The Morgan fingerprint density at radius 3 is 2.38 bits per heavy atom. The van der Waals surface area contributed by atoms with E-state index in [2.05, 4.69) is 15.0 Å². The average molecular weight is 213 g/mol. The second-order valence-corrected chi connectivity index (χ2v) is 3.56. The summed E-state index contributed by atoms with van der Waals surface area (Å²) in [5, 5.41) is 0. The summed E-state index contributed by atoms with van der Waals surface area (Å²) in [5.41, 5.74) is 2.61. The molecule has 0 aliphatic carbocycles. The zero-order chi connectivity index (χ0) is 11.5. The predicted octanol–water partition coefficient (Wildman–Crippen LogP) is 1.72. The van der Waals surface area contributed by atoms with Crippen LogP contribution in [-0.2, 0) is 0 Å². The van der Waals surface area contributed by atoms with E-state index in [9.17, 15) is 4.79 Å². The molecular weight excluding hydrogens is 202 g/mol. The largest absolute Gasteiger partial charge is 0.287 e. The van der Waals surface area contributed by atoms with Crippen molar-refractivity contribution in [1.82, 2.24) is 15.0 Å². The van der Waals surface area contributed by atoms with E-state index in [-0.39, 0.29) is 5.78 Å². The number of aromatic nitrogens is 3. The molecule has 0 spiro atoms. The number of pyridine rings is 1. The first-order valence-electron chi connectivity index (χ1n) is 4.93. The molecular formula is C12H11N3O. The number of hydrogen-bond donors (Lipinski definition) is 0. The first-order chi connectivity index (χ1) is 7.66. The lowest BCUT2D eigenvalue weighted by Crippen LogP contribution is -2.05. The first-order valence-corrected chi connectivity index (χ1v) is 4.93. The summed E-state index contributed by atoms with van der Waals surface area (Å²) in [6.07, 6.45) is 4.52. The normalized spacial score (nSPS) is 10.1. The summed E-state index contributed by atoms with van der Waals surface area (Å²) in [6.45, 7) is 3.72. The third-order valence-corrected chi connectivity index (χ3v) is 2.14. The number of ketones is 1. The highest BCUT2D eigenvalue weighted by atomic mass is 16.1. The van der Waals surface area contributed by atoms with Crippen molar-refractivity contribution >= 4 is 5.78 Å². The molecule has 4 nitrogen and oxygen atoms in total. The molecule has 80 valence electrons.